The summed E-state index contributed by atoms with van der Waals surface area (Å²) >= 11 is 12.0. The molecule has 20 heavy (non-hydrogen) atoms. The average Bonchev–Trinajstić information content (AvgIpc) is 2.87. The molecule has 0 radical (unpaired) electrons. The second-order valence-electron chi connectivity index (χ2n) is 4.93. The van der Waals surface area contributed by atoms with Crippen LogP contribution >= 0.6 is 23.2 Å². The zero-order valence-corrected chi connectivity index (χ0v) is 13.3. The maximum absolute atomic E-state index is 6.09. The summed E-state index contributed by atoms with van der Waals surface area (Å²) in [5.74, 6) is 0.949. The van der Waals surface area contributed by atoms with E-state index in [-0.39, 0.29) is 6.04 Å². The molecule has 1 heterocycles. The van der Waals surface area contributed by atoms with Gasteiger partial charge in [0, 0.05) is 18.5 Å². The van der Waals surface area contributed by atoms with E-state index in [0.29, 0.717) is 16.1 Å². The Labute approximate surface area is 129 Å². The van der Waals surface area contributed by atoms with Crippen LogP contribution in [0.15, 0.2) is 24.5 Å². The van der Waals surface area contributed by atoms with Crippen LogP contribution in [0, 0.1) is 0 Å². The molecule has 6 heteroatoms. The van der Waals surface area contributed by atoms with Gasteiger partial charge in [-0.05, 0) is 38.6 Å². The van der Waals surface area contributed by atoms with Crippen molar-refractivity contribution in [2.45, 2.75) is 32.4 Å². The van der Waals surface area contributed by atoms with E-state index in [9.17, 15) is 0 Å². The van der Waals surface area contributed by atoms with Crippen LogP contribution in [0.1, 0.15) is 37.3 Å². The summed E-state index contributed by atoms with van der Waals surface area (Å²) in [5, 5.41) is 8.68. The molecule has 0 saturated carbocycles. The highest BCUT2D eigenvalue weighted by atomic mass is 35.5. The Bertz CT molecular complexity index is 580. The molecule has 108 valence electrons. The molecule has 2 aromatic rings. The molecule has 1 aromatic heterocycles. The lowest BCUT2D eigenvalue weighted by Crippen LogP contribution is -2.21. The van der Waals surface area contributed by atoms with Gasteiger partial charge in [-0.25, -0.2) is 9.67 Å². The molecule has 0 bridgehead atoms. The summed E-state index contributed by atoms with van der Waals surface area (Å²) in [5.41, 5.74) is 1.08. The highest BCUT2D eigenvalue weighted by Gasteiger charge is 2.16. The lowest BCUT2D eigenvalue weighted by atomic mass is 10.0. The predicted molar refractivity (Wildman–Crippen MR) is 82.4 cm³/mol. The Morgan fingerprint density at radius 3 is 2.60 bits per heavy atom. The number of hydrogen-bond donors (Lipinski definition) is 1. The van der Waals surface area contributed by atoms with E-state index >= 15 is 0 Å². The second-order valence-corrected chi connectivity index (χ2v) is 5.75. The third kappa shape index (κ3) is 3.32. The van der Waals surface area contributed by atoms with Crippen LogP contribution in [0.5, 0.6) is 0 Å². The Hall–Kier alpha value is -1.10. The fraction of sp³-hybridized carbons (Fsp3) is 0.429. The van der Waals surface area contributed by atoms with Crippen LogP contribution in [-0.4, -0.2) is 21.8 Å². The lowest BCUT2D eigenvalue weighted by Gasteiger charge is -2.18. The molecule has 1 aromatic carbocycles. The number of likely N-dealkylation sites (N-methyl/N-ethyl adjacent to an activating group) is 1. The van der Waals surface area contributed by atoms with E-state index in [4.69, 9.17) is 23.2 Å². The van der Waals surface area contributed by atoms with Crippen LogP contribution in [-0.2, 0) is 6.42 Å². The third-order valence-corrected chi connectivity index (χ3v) is 3.96. The van der Waals surface area contributed by atoms with Gasteiger partial charge in [0.15, 0.2) is 0 Å². The van der Waals surface area contributed by atoms with Gasteiger partial charge in [0.25, 0.3) is 0 Å². The Morgan fingerprint density at radius 1 is 1.25 bits per heavy atom. The van der Waals surface area contributed by atoms with E-state index in [0.717, 1.165) is 17.8 Å². The molecule has 1 unspecified atom stereocenters. The summed E-state index contributed by atoms with van der Waals surface area (Å²) in [4.78, 5) is 4.34. The van der Waals surface area contributed by atoms with Crippen LogP contribution in [0.4, 0.5) is 0 Å². The minimum atomic E-state index is 0.117. The van der Waals surface area contributed by atoms with E-state index in [1.807, 2.05) is 29.9 Å². The van der Waals surface area contributed by atoms with Gasteiger partial charge in [0.1, 0.15) is 12.2 Å². The first-order valence-electron chi connectivity index (χ1n) is 6.53. The number of benzene rings is 1. The van der Waals surface area contributed by atoms with Crippen LogP contribution in [0.25, 0.3) is 0 Å². The molecule has 0 amide bonds. The third-order valence-electron chi connectivity index (χ3n) is 3.22. The van der Waals surface area contributed by atoms with Gasteiger partial charge >= 0.3 is 0 Å². The molecule has 0 aliphatic carbocycles. The van der Waals surface area contributed by atoms with Crippen molar-refractivity contribution in [3.63, 3.8) is 0 Å². The number of nitrogens with one attached hydrogen (secondary N) is 1. The summed E-state index contributed by atoms with van der Waals surface area (Å²) in [6.07, 6.45) is 2.34. The summed E-state index contributed by atoms with van der Waals surface area (Å²) in [6, 6.07) is 6.09. The summed E-state index contributed by atoms with van der Waals surface area (Å²) in [7, 11) is 1.92. The van der Waals surface area contributed by atoms with Crippen LogP contribution in [0.2, 0.25) is 10.0 Å². The number of aromatic nitrogens is 3. The lowest BCUT2D eigenvalue weighted by molar-refractivity contribution is 0.478. The zero-order valence-electron chi connectivity index (χ0n) is 11.8. The standard InChI is InChI=1S/C14H18Cl2N4/c1-9(2)20-14(18-8-19-20)7-13(17-3)10-4-5-11(15)12(16)6-10/h4-6,8-9,13,17H,7H2,1-3H3. The number of halogens is 2. The Morgan fingerprint density at radius 2 is 2.00 bits per heavy atom. The quantitative estimate of drug-likeness (QED) is 0.916. The van der Waals surface area contributed by atoms with Crippen molar-refractivity contribution in [2.24, 2.45) is 0 Å². The molecule has 2 rings (SSSR count). The van der Waals surface area contributed by atoms with Crippen molar-refractivity contribution in [3.8, 4) is 0 Å². The molecule has 0 aliphatic rings. The van der Waals surface area contributed by atoms with Gasteiger partial charge in [-0.15, -0.1) is 0 Å². The fourth-order valence-corrected chi connectivity index (χ4v) is 2.46. The van der Waals surface area contributed by atoms with E-state index in [2.05, 4.69) is 29.2 Å². The second kappa shape index (κ2) is 6.57. The molecule has 1 N–H and O–H groups in total. The van der Waals surface area contributed by atoms with Gasteiger partial charge in [0.2, 0.25) is 0 Å². The SMILES string of the molecule is CNC(Cc1ncnn1C(C)C)c1ccc(Cl)c(Cl)c1. The van der Waals surface area contributed by atoms with Crippen molar-refractivity contribution < 1.29 is 0 Å². The highest BCUT2D eigenvalue weighted by molar-refractivity contribution is 6.42. The predicted octanol–water partition coefficient (Wildman–Crippen LogP) is 3.67. The van der Waals surface area contributed by atoms with Gasteiger partial charge in [-0.1, -0.05) is 29.3 Å². The summed E-state index contributed by atoms with van der Waals surface area (Å²) in [6.45, 7) is 4.18. The van der Waals surface area contributed by atoms with E-state index < -0.39 is 0 Å². The first kappa shape index (κ1) is 15.3. The van der Waals surface area contributed by atoms with Crippen molar-refractivity contribution in [1.29, 1.82) is 0 Å². The summed E-state index contributed by atoms with van der Waals surface area (Å²) < 4.78 is 1.93. The Kier molecular flexibility index (Phi) is 5.02. The van der Waals surface area contributed by atoms with Crippen molar-refractivity contribution >= 4 is 23.2 Å². The van der Waals surface area contributed by atoms with Gasteiger partial charge in [0.05, 0.1) is 10.0 Å². The number of rotatable bonds is 5. The number of nitrogens with zero attached hydrogens (tertiary/aromatic N) is 3. The molecular formula is C14H18Cl2N4. The monoisotopic (exact) mass is 312 g/mol. The molecule has 0 aliphatic heterocycles. The molecule has 0 spiro atoms. The van der Waals surface area contributed by atoms with Gasteiger partial charge in [-0.3, -0.25) is 0 Å². The van der Waals surface area contributed by atoms with E-state index in [1.54, 1.807) is 6.33 Å². The average molecular weight is 313 g/mol. The molecular weight excluding hydrogens is 295 g/mol. The molecule has 1 atom stereocenters. The van der Waals surface area contributed by atoms with Crippen LogP contribution in [0.3, 0.4) is 0 Å². The first-order chi connectivity index (χ1) is 9.52. The normalized spacial score (nSPS) is 12.9. The molecule has 4 nitrogen and oxygen atoms in total. The van der Waals surface area contributed by atoms with Gasteiger partial charge in [-0.2, -0.15) is 5.10 Å². The van der Waals surface area contributed by atoms with Crippen LogP contribution < -0.4 is 5.32 Å². The number of hydrogen-bond acceptors (Lipinski definition) is 3. The fourth-order valence-electron chi connectivity index (χ4n) is 2.15. The highest BCUT2D eigenvalue weighted by Crippen LogP contribution is 2.27. The van der Waals surface area contributed by atoms with Crippen molar-refractivity contribution in [3.05, 3.63) is 46.0 Å². The Balaban J connectivity index is 2.24. The maximum Gasteiger partial charge on any atom is 0.138 e. The minimum Gasteiger partial charge on any atom is -0.313 e. The minimum absolute atomic E-state index is 0.117. The maximum atomic E-state index is 6.09. The van der Waals surface area contributed by atoms with Crippen molar-refractivity contribution in [2.75, 3.05) is 7.05 Å². The van der Waals surface area contributed by atoms with Gasteiger partial charge < -0.3 is 5.32 Å². The largest absolute Gasteiger partial charge is 0.313 e. The smallest absolute Gasteiger partial charge is 0.138 e. The first-order valence-corrected chi connectivity index (χ1v) is 7.29. The van der Waals surface area contributed by atoms with E-state index in [1.165, 1.54) is 0 Å². The zero-order chi connectivity index (χ0) is 14.7. The topological polar surface area (TPSA) is 42.7 Å². The van der Waals surface area contributed by atoms with Crippen molar-refractivity contribution in [1.82, 2.24) is 20.1 Å². The molecule has 0 fully saturated rings. The molecule has 0 saturated heterocycles.